The van der Waals surface area contributed by atoms with Gasteiger partial charge in [0, 0.05) is 25.7 Å². The van der Waals surface area contributed by atoms with Crippen LogP contribution in [0.4, 0.5) is 0 Å². The zero-order valence-corrected chi connectivity index (χ0v) is 13.9. The van der Waals surface area contributed by atoms with Gasteiger partial charge in [0.05, 0.1) is 7.11 Å². The number of benzene rings is 1. The molecule has 0 aliphatic carbocycles. The van der Waals surface area contributed by atoms with E-state index in [0.29, 0.717) is 6.54 Å². The molecule has 1 aromatic carbocycles. The topological polar surface area (TPSA) is 48.9 Å². The molecule has 1 aromatic rings. The maximum atomic E-state index is 5.41. The maximum Gasteiger partial charge on any atom is 0.191 e. The van der Waals surface area contributed by atoms with Crippen molar-refractivity contribution in [2.75, 3.05) is 41.3 Å². The van der Waals surface area contributed by atoms with Crippen LogP contribution in [0.15, 0.2) is 23.2 Å². The van der Waals surface area contributed by atoms with Crippen molar-refractivity contribution in [1.29, 1.82) is 0 Å². The van der Waals surface area contributed by atoms with Gasteiger partial charge in [-0.1, -0.05) is 12.1 Å². The van der Waals surface area contributed by atoms with Crippen LogP contribution in [0.3, 0.4) is 0 Å². The Balaban J connectivity index is 2.45. The van der Waals surface area contributed by atoms with E-state index in [-0.39, 0.29) is 0 Å². The number of ether oxygens (including phenoxy) is 1. The molecule has 0 radical (unpaired) electrons. The van der Waals surface area contributed by atoms with Gasteiger partial charge >= 0.3 is 0 Å². The zero-order valence-electron chi connectivity index (χ0n) is 13.9. The lowest BCUT2D eigenvalue weighted by Gasteiger charge is -2.15. The summed E-state index contributed by atoms with van der Waals surface area (Å²) in [5.74, 6) is 1.72. The monoisotopic (exact) mass is 292 g/mol. The number of guanidine groups is 1. The number of hydrogen-bond acceptors (Lipinski definition) is 3. The van der Waals surface area contributed by atoms with Gasteiger partial charge in [-0.3, -0.25) is 4.99 Å². The van der Waals surface area contributed by atoms with Crippen LogP contribution in [0, 0.1) is 6.92 Å². The average molecular weight is 292 g/mol. The van der Waals surface area contributed by atoms with Crippen LogP contribution in [0.25, 0.3) is 0 Å². The van der Waals surface area contributed by atoms with Crippen LogP contribution in [-0.2, 0) is 6.54 Å². The first-order valence-corrected chi connectivity index (χ1v) is 7.29. The highest BCUT2D eigenvalue weighted by Crippen LogP contribution is 2.19. The molecular weight excluding hydrogens is 264 g/mol. The van der Waals surface area contributed by atoms with Gasteiger partial charge in [0.15, 0.2) is 5.96 Å². The molecule has 0 aromatic heterocycles. The number of nitrogens with one attached hydrogen (secondary N) is 2. The molecule has 0 atom stereocenters. The van der Waals surface area contributed by atoms with E-state index in [4.69, 9.17) is 4.74 Å². The molecule has 0 unspecified atom stereocenters. The first-order valence-electron chi connectivity index (χ1n) is 7.29. The van der Waals surface area contributed by atoms with E-state index in [0.717, 1.165) is 36.8 Å². The lowest BCUT2D eigenvalue weighted by Crippen LogP contribution is -2.38. The molecule has 0 aliphatic rings. The second-order valence-electron chi connectivity index (χ2n) is 5.32. The second kappa shape index (κ2) is 9.23. The SMILES string of the molecule is CN=C(NCCCN(C)C)NCc1ccc(C)cc1OC. The Kier molecular flexibility index (Phi) is 7.61. The van der Waals surface area contributed by atoms with Crippen molar-refractivity contribution < 1.29 is 4.74 Å². The van der Waals surface area contributed by atoms with E-state index in [1.165, 1.54) is 5.56 Å². The van der Waals surface area contributed by atoms with Crippen LogP contribution in [0.5, 0.6) is 5.75 Å². The fraction of sp³-hybridized carbons (Fsp3) is 0.562. The third-order valence-corrected chi connectivity index (χ3v) is 3.19. The first kappa shape index (κ1) is 17.3. The van der Waals surface area contributed by atoms with Crippen LogP contribution in [0.2, 0.25) is 0 Å². The van der Waals surface area contributed by atoms with Crippen LogP contribution in [0.1, 0.15) is 17.5 Å². The standard InChI is InChI=1S/C16H28N4O/c1-13-7-8-14(15(11-13)21-5)12-19-16(17-2)18-9-6-10-20(3)4/h7-8,11H,6,9-10,12H2,1-5H3,(H2,17,18,19). The lowest BCUT2D eigenvalue weighted by atomic mass is 10.1. The van der Waals surface area contributed by atoms with Gasteiger partial charge in [-0.25, -0.2) is 0 Å². The van der Waals surface area contributed by atoms with E-state index in [1.54, 1.807) is 14.2 Å². The Morgan fingerprint density at radius 2 is 2.05 bits per heavy atom. The van der Waals surface area contributed by atoms with Crippen molar-refractivity contribution in [2.24, 2.45) is 4.99 Å². The van der Waals surface area contributed by atoms with Crippen molar-refractivity contribution in [2.45, 2.75) is 19.9 Å². The van der Waals surface area contributed by atoms with E-state index < -0.39 is 0 Å². The summed E-state index contributed by atoms with van der Waals surface area (Å²) in [6, 6.07) is 6.22. The number of methoxy groups -OCH3 is 1. The molecule has 0 aliphatic heterocycles. The molecule has 5 heteroatoms. The van der Waals surface area contributed by atoms with Gasteiger partial charge in [0.1, 0.15) is 5.75 Å². The third kappa shape index (κ3) is 6.49. The molecule has 0 saturated carbocycles. The molecule has 5 nitrogen and oxygen atoms in total. The van der Waals surface area contributed by atoms with Gasteiger partial charge in [0.2, 0.25) is 0 Å². The summed E-state index contributed by atoms with van der Waals surface area (Å²) in [5.41, 5.74) is 2.32. The lowest BCUT2D eigenvalue weighted by molar-refractivity contribution is 0.399. The first-order chi connectivity index (χ1) is 10.1. The molecule has 118 valence electrons. The van der Waals surface area contributed by atoms with Crippen LogP contribution in [-0.4, -0.2) is 52.2 Å². The fourth-order valence-corrected chi connectivity index (χ4v) is 2.00. The maximum absolute atomic E-state index is 5.41. The van der Waals surface area contributed by atoms with E-state index >= 15 is 0 Å². The summed E-state index contributed by atoms with van der Waals surface area (Å²) in [6.07, 6.45) is 1.08. The summed E-state index contributed by atoms with van der Waals surface area (Å²) < 4.78 is 5.41. The molecule has 0 saturated heterocycles. The highest BCUT2D eigenvalue weighted by Gasteiger charge is 2.04. The Bertz CT molecular complexity index is 458. The zero-order chi connectivity index (χ0) is 15.7. The smallest absolute Gasteiger partial charge is 0.191 e. The van der Waals surface area contributed by atoms with E-state index in [2.05, 4.69) is 53.7 Å². The Morgan fingerprint density at radius 3 is 2.67 bits per heavy atom. The van der Waals surface area contributed by atoms with Crippen molar-refractivity contribution >= 4 is 5.96 Å². The minimum atomic E-state index is 0.691. The predicted octanol–water partition coefficient (Wildman–Crippen LogP) is 1.62. The minimum absolute atomic E-state index is 0.691. The summed E-state index contributed by atoms with van der Waals surface area (Å²) in [4.78, 5) is 6.41. The van der Waals surface area contributed by atoms with Crippen molar-refractivity contribution in [1.82, 2.24) is 15.5 Å². The van der Waals surface area contributed by atoms with Gasteiger partial charge in [-0.05, 0) is 45.6 Å². The van der Waals surface area contributed by atoms with Gasteiger partial charge in [-0.2, -0.15) is 0 Å². The number of rotatable bonds is 7. The number of aliphatic imine (C=N–C) groups is 1. The second-order valence-corrected chi connectivity index (χ2v) is 5.32. The quantitative estimate of drug-likeness (QED) is 0.455. The normalized spacial score (nSPS) is 11.6. The Labute approximate surface area is 128 Å². The molecule has 2 N–H and O–H groups in total. The molecule has 0 heterocycles. The average Bonchev–Trinajstić information content (AvgIpc) is 2.47. The largest absolute Gasteiger partial charge is 0.496 e. The van der Waals surface area contributed by atoms with Crippen molar-refractivity contribution in [3.8, 4) is 5.75 Å². The minimum Gasteiger partial charge on any atom is -0.496 e. The summed E-state index contributed by atoms with van der Waals surface area (Å²) in [5, 5.41) is 6.63. The highest BCUT2D eigenvalue weighted by molar-refractivity contribution is 5.79. The molecular formula is C16H28N4O. The Morgan fingerprint density at radius 1 is 1.29 bits per heavy atom. The molecule has 1 rings (SSSR count). The molecule has 21 heavy (non-hydrogen) atoms. The van der Waals surface area contributed by atoms with Crippen molar-refractivity contribution in [3.63, 3.8) is 0 Å². The number of nitrogens with zero attached hydrogens (tertiary/aromatic N) is 2. The van der Waals surface area contributed by atoms with Crippen molar-refractivity contribution in [3.05, 3.63) is 29.3 Å². The molecule has 0 bridgehead atoms. The number of hydrogen-bond donors (Lipinski definition) is 2. The summed E-state index contributed by atoms with van der Waals surface area (Å²) in [6.45, 7) is 4.72. The van der Waals surface area contributed by atoms with Crippen LogP contribution >= 0.6 is 0 Å². The number of aryl methyl sites for hydroxylation is 1. The van der Waals surface area contributed by atoms with Gasteiger partial charge in [-0.15, -0.1) is 0 Å². The highest BCUT2D eigenvalue weighted by atomic mass is 16.5. The summed E-state index contributed by atoms with van der Waals surface area (Å²) in [7, 11) is 7.65. The Hall–Kier alpha value is -1.75. The van der Waals surface area contributed by atoms with Gasteiger partial charge < -0.3 is 20.3 Å². The van der Waals surface area contributed by atoms with E-state index in [9.17, 15) is 0 Å². The molecule has 0 spiro atoms. The fourth-order valence-electron chi connectivity index (χ4n) is 2.00. The van der Waals surface area contributed by atoms with Gasteiger partial charge in [0.25, 0.3) is 0 Å². The van der Waals surface area contributed by atoms with Crippen LogP contribution < -0.4 is 15.4 Å². The summed E-state index contributed by atoms with van der Waals surface area (Å²) >= 11 is 0. The third-order valence-electron chi connectivity index (χ3n) is 3.19. The predicted molar refractivity (Wildman–Crippen MR) is 89.1 cm³/mol. The van der Waals surface area contributed by atoms with E-state index in [1.807, 2.05) is 6.07 Å². The molecule has 0 amide bonds. The molecule has 0 fully saturated rings.